The predicted molar refractivity (Wildman–Crippen MR) is 86.2 cm³/mol. The van der Waals surface area contributed by atoms with E-state index in [9.17, 15) is 4.39 Å². The Morgan fingerprint density at radius 1 is 1.19 bits per heavy atom. The normalized spacial score (nSPS) is 18.3. The van der Waals surface area contributed by atoms with Crippen LogP contribution < -0.4 is 5.73 Å². The van der Waals surface area contributed by atoms with Gasteiger partial charge in [-0.2, -0.15) is 0 Å². The van der Waals surface area contributed by atoms with E-state index in [0.717, 1.165) is 27.8 Å². The number of benzene rings is 2. The standard InChI is InChI=1S/C18H16FNS/c19-14-5-6-17-13(8-14)10-18(21-17)16(20)9-12-7-11-3-1-2-4-15(11)12/h1-6,8,10,12,16H,7,9,20H2. The number of hydrogen-bond acceptors (Lipinski definition) is 2. The summed E-state index contributed by atoms with van der Waals surface area (Å²) in [5, 5.41) is 0.958. The van der Waals surface area contributed by atoms with Crippen LogP contribution in [0.3, 0.4) is 0 Å². The Labute approximate surface area is 127 Å². The lowest BCUT2D eigenvalue weighted by Crippen LogP contribution is -2.22. The van der Waals surface area contributed by atoms with Gasteiger partial charge in [-0.1, -0.05) is 24.3 Å². The summed E-state index contributed by atoms with van der Waals surface area (Å²) in [5.74, 6) is 0.381. The lowest BCUT2D eigenvalue weighted by Gasteiger charge is -2.31. The molecule has 0 saturated carbocycles. The highest BCUT2D eigenvalue weighted by atomic mass is 32.1. The molecule has 0 fully saturated rings. The molecule has 0 radical (unpaired) electrons. The highest BCUT2D eigenvalue weighted by molar-refractivity contribution is 7.19. The van der Waals surface area contributed by atoms with E-state index in [-0.39, 0.29) is 11.9 Å². The largest absolute Gasteiger partial charge is 0.323 e. The van der Waals surface area contributed by atoms with Gasteiger partial charge in [0.25, 0.3) is 0 Å². The quantitative estimate of drug-likeness (QED) is 0.740. The van der Waals surface area contributed by atoms with Crippen molar-refractivity contribution in [2.24, 2.45) is 5.73 Å². The fourth-order valence-electron chi connectivity index (χ4n) is 3.21. The highest BCUT2D eigenvalue weighted by Crippen LogP contribution is 2.41. The lowest BCUT2D eigenvalue weighted by molar-refractivity contribution is 0.502. The predicted octanol–water partition coefficient (Wildman–Crippen LogP) is 4.77. The fourth-order valence-corrected chi connectivity index (χ4v) is 4.27. The first kappa shape index (κ1) is 13.0. The monoisotopic (exact) mass is 297 g/mol. The fraction of sp³-hybridized carbons (Fsp3) is 0.222. The molecule has 1 aliphatic rings. The molecule has 1 heterocycles. The van der Waals surface area contributed by atoms with Gasteiger partial charge in [0, 0.05) is 15.6 Å². The summed E-state index contributed by atoms with van der Waals surface area (Å²) >= 11 is 1.68. The zero-order valence-electron chi connectivity index (χ0n) is 11.6. The Bertz CT molecular complexity index is 808. The average Bonchev–Trinajstić information content (AvgIpc) is 2.87. The molecule has 0 spiro atoms. The summed E-state index contributed by atoms with van der Waals surface area (Å²) in [6.45, 7) is 0. The maximum absolute atomic E-state index is 13.3. The third-order valence-corrected chi connectivity index (χ3v) is 5.61. The Morgan fingerprint density at radius 3 is 2.90 bits per heavy atom. The van der Waals surface area contributed by atoms with E-state index in [1.165, 1.54) is 17.2 Å². The number of nitrogens with two attached hydrogens (primary N) is 1. The molecule has 2 aromatic carbocycles. The molecular weight excluding hydrogens is 281 g/mol. The van der Waals surface area contributed by atoms with E-state index in [0.29, 0.717) is 5.92 Å². The van der Waals surface area contributed by atoms with Crippen LogP contribution >= 0.6 is 11.3 Å². The lowest BCUT2D eigenvalue weighted by atomic mass is 9.74. The van der Waals surface area contributed by atoms with Gasteiger partial charge in [0.1, 0.15) is 5.82 Å². The van der Waals surface area contributed by atoms with Gasteiger partial charge >= 0.3 is 0 Å². The minimum Gasteiger partial charge on any atom is -0.323 e. The second kappa shape index (κ2) is 4.93. The Morgan fingerprint density at radius 2 is 2.05 bits per heavy atom. The molecule has 1 aliphatic carbocycles. The third-order valence-electron chi connectivity index (χ3n) is 4.36. The summed E-state index contributed by atoms with van der Waals surface area (Å²) < 4.78 is 14.4. The van der Waals surface area contributed by atoms with E-state index < -0.39 is 0 Å². The molecule has 21 heavy (non-hydrogen) atoms. The van der Waals surface area contributed by atoms with Gasteiger partial charge in [-0.05, 0) is 59.5 Å². The van der Waals surface area contributed by atoms with Crippen molar-refractivity contribution in [3.8, 4) is 0 Å². The topological polar surface area (TPSA) is 26.0 Å². The van der Waals surface area contributed by atoms with Gasteiger partial charge in [0.2, 0.25) is 0 Å². The van der Waals surface area contributed by atoms with Crippen molar-refractivity contribution in [1.82, 2.24) is 0 Å². The highest BCUT2D eigenvalue weighted by Gasteiger charge is 2.27. The summed E-state index contributed by atoms with van der Waals surface area (Å²) in [7, 11) is 0. The first-order valence-electron chi connectivity index (χ1n) is 7.23. The summed E-state index contributed by atoms with van der Waals surface area (Å²) in [6.07, 6.45) is 2.09. The van der Waals surface area contributed by atoms with Crippen molar-refractivity contribution < 1.29 is 4.39 Å². The van der Waals surface area contributed by atoms with Crippen LogP contribution in [0.2, 0.25) is 0 Å². The number of fused-ring (bicyclic) bond motifs is 2. The van der Waals surface area contributed by atoms with Crippen molar-refractivity contribution >= 4 is 21.4 Å². The van der Waals surface area contributed by atoms with E-state index in [1.807, 2.05) is 12.1 Å². The van der Waals surface area contributed by atoms with Crippen LogP contribution in [0, 0.1) is 5.82 Å². The number of thiophene rings is 1. The maximum atomic E-state index is 13.3. The molecular formula is C18H16FNS. The van der Waals surface area contributed by atoms with Crippen LogP contribution in [0.1, 0.15) is 34.4 Å². The van der Waals surface area contributed by atoms with Crippen molar-refractivity contribution in [3.05, 3.63) is 70.4 Å². The van der Waals surface area contributed by atoms with Crippen LogP contribution in [-0.2, 0) is 6.42 Å². The van der Waals surface area contributed by atoms with Gasteiger partial charge in [-0.3, -0.25) is 0 Å². The first-order chi connectivity index (χ1) is 10.2. The van der Waals surface area contributed by atoms with Crippen LogP contribution in [0.5, 0.6) is 0 Å². The molecule has 2 atom stereocenters. The molecule has 0 saturated heterocycles. The van der Waals surface area contributed by atoms with Crippen LogP contribution in [0.15, 0.2) is 48.5 Å². The molecule has 2 unspecified atom stereocenters. The number of hydrogen-bond donors (Lipinski definition) is 1. The number of rotatable bonds is 3. The van der Waals surface area contributed by atoms with E-state index in [1.54, 1.807) is 17.4 Å². The van der Waals surface area contributed by atoms with Gasteiger partial charge in [-0.15, -0.1) is 11.3 Å². The second-order valence-electron chi connectivity index (χ2n) is 5.77. The molecule has 0 aliphatic heterocycles. The Balaban J connectivity index is 1.56. The van der Waals surface area contributed by atoms with Crippen molar-refractivity contribution in [3.63, 3.8) is 0 Å². The summed E-state index contributed by atoms with van der Waals surface area (Å²) in [6, 6.07) is 15.6. The van der Waals surface area contributed by atoms with E-state index >= 15 is 0 Å². The minimum atomic E-state index is -0.187. The second-order valence-corrected chi connectivity index (χ2v) is 6.89. The van der Waals surface area contributed by atoms with Gasteiger partial charge in [0.15, 0.2) is 0 Å². The number of halogens is 1. The Kier molecular flexibility index (Phi) is 3.05. The third kappa shape index (κ3) is 2.27. The molecule has 1 aromatic heterocycles. The minimum absolute atomic E-state index is 0.0313. The molecule has 1 nitrogen and oxygen atoms in total. The van der Waals surface area contributed by atoms with Crippen LogP contribution in [0.25, 0.3) is 10.1 Å². The molecule has 3 heteroatoms. The van der Waals surface area contributed by atoms with E-state index in [2.05, 4.69) is 24.3 Å². The smallest absolute Gasteiger partial charge is 0.123 e. The summed E-state index contributed by atoms with van der Waals surface area (Å²) in [4.78, 5) is 1.15. The zero-order chi connectivity index (χ0) is 14.4. The Hall–Kier alpha value is -1.71. The molecule has 4 rings (SSSR count). The average molecular weight is 297 g/mol. The zero-order valence-corrected chi connectivity index (χ0v) is 12.4. The van der Waals surface area contributed by atoms with Gasteiger partial charge < -0.3 is 5.73 Å². The first-order valence-corrected chi connectivity index (χ1v) is 8.05. The van der Waals surface area contributed by atoms with Gasteiger partial charge in [0.05, 0.1) is 0 Å². The SMILES string of the molecule is NC(CC1Cc2ccccc21)c1cc2cc(F)ccc2s1. The molecule has 3 aromatic rings. The van der Waals surface area contributed by atoms with E-state index in [4.69, 9.17) is 5.73 Å². The van der Waals surface area contributed by atoms with Crippen LogP contribution in [0.4, 0.5) is 4.39 Å². The maximum Gasteiger partial charge on any atom is 0.123 e. The molecule has 0 amide bonds. The molecule has 106 valence electrons. The molecule has 0 bridgehead atoms. The van der Waals surface area contributed by atoms with Crippen molar-refractivity contribution in [2.75, 3.05) is 0 Å². The van der Waals surface area contributed by atoms with Crippen LogP contribution in [-0.4, -0.2) is 0 Å². The van der Waals surface area contributed by atoms with Crippen molar-refractivity contribution in [1.29, 1.82) is 0 Å². The van der Waals surface area contributed by atoms with Gasteiger partial charge in [-0.25, -0.2) is 4.39 Å². The van der Waals surface area contributed by atoms with Crippen molar-refractivity contribution in [2.45, 2.75) is 24.8 Å². The molecule has 2 N–H and O–H groups in total. The summed E-state index contributed by atoms with van der Waals surface area (Å²) in [5.41, 5.74) is 9.28.